The van der Waals surface area contributed by atoms with Crippen molar-refractivity contribution < 1.29 is 22.8 Å². The number of rotatable bonds is 7. The predicted octanol–water partition coefficient (Wildman–Crippen LogP) is 4.68. The third-order valence-electron chi connectivity index (χ3n) is 5.17. The number of halogens is 4. The molecule has 3 heterocycles. The Bertz CT molecular complexity index is 1430. The summed E-state index contributed by atoms with van der Waals surface area (Å²) in [6.07, 6.45) is -2.60. The molecule has 3 aromatic heterocycles. The topological polar surface area (TPSA) is 106 Å². The van der Waals surface area contributed by atoms with Gasteiger partial charge in [-0.15, -0.1) is 0 Å². The fourth-order valence-electron chi connectivity index (χ4n) is 3.41. The number of alkyl halides is 3. The maximum Gasteiger partial charge on any atom is 0.433 e. The number of anilines is 1. The highest BCUT2D eigenvalue weighted by Gasteiger charge is 2.36. The zero-order valence-electron chi connectivity index (χ0n) is 19.2. The van der Waals surface area contributed by atoms with Gasteiger partial charge in [0, 0.05) is 35.9 Å². The smallest absolute Gasteiger partial charge is 0.351 e. The molecule has 0 bridgehead atoms. The molecule has 36 heavy (non-hydrogen) atoms. The van der Waals surface area contributed by atoms with E-state index in [9.17, 15) is 22.8 Å². The van der Waals surface area contributed by atoms with Crippen molar-refractivity contribution in [3.63, 3.8) is 0 Å². The van der Waals surface area contributed by atoms with Gasteiger partial charge in [0.15, 0.2) is 22.7 Å². The Morgan fingerprint density at radius 1 is 1.06 bits per heavy atom. The maximum atomic E-state index is 13.9. The van der Waals surface area contributed by atoms with Gasteiger partial charge in [-0.2, -0.15) is 23.4 Å². The number of carbonyl (C=O) groups excluding carboxylic acids is 2. The fourth-order valence-corrected chi connectivity index (χ4v) is 3.53. The van der Waals surface area contributed by atoms with Gasteiger partial charge in [0.2, 0.25) is 0 Å². The van der Waals surface area contributed by atoms with Gasteiger partial charge in [0.1, 0.15) is 0 Å². The average Bonchev–Trinajstić information content (AvgIpc) is 3.46. The van der Waals surface area contributed by atoms with Crippen LogP contribution in [0.5, 0.6) is 0 Å². The van der Waals surface area contributed by atoms with E-state index in [1.54, 1.807) is 19.1 Å². The minimum absolute atomic E-state index is 0.0125. The molecule has 13 heteroatoms. The van der Waals surface area contributed by atoms with Crippen molar-refractivity contribution in [2.45, 2.75) is 33.0 Å². The highest BCUT2D eigenvalue weighted by molar-refractivity contribution is 6.30. The van der Waals surface area contributed by atoms with Crippen LogP contribution in [-0.2, 0) is 12.7 Å². The van der Waals surface area contributed by atoms with E-state index < -0.39 is 23.7 Å². The van der Waals surface area contributed by atoms with Crippen molar-refractivity contribution in [2.75, 3.05) is 11.9 Å². The van der Waals surface area contributed by atoms with Gasteiger partial charge in [0.25, 0.3) is 11.8 Å². The van der Waals surface area contributed by atoms with Crippen molar-refractivity contribution in [3.8, 4) is 11.3 Å². The first kappa shape index (κ1) is 25.2. The second-order valence-electron chi connectivity index (χ2n) is 7.79. The van der Waals surface area contributed by atoms with Crippen LogP contribution in [0.15, 0.2) is 42.6 Å². The molecule has 2 amide bonds. The molecule has 0 saturated heterocycles. The van der Waals surface area contributed by atoms with E-state index in [1.165, 1.54) is 23.0 Å². The summed E-state index contributed by atoms with van der Waals surface area (Å²) < 4.78 is 43.6. The van der Waals surface area contributed by atoms with Crippen LogP contribution in [0.25, 0.3) is 16.9 Å². The van der Waals surface area contributed by atoms with Crippen LogP contribution in [0.3, 0.4) is 0 Å². The standard InChI is InChI=1S/C23H21ClF3N7O2/c1-3-9-28-22(36)20-17(12-33(4-2)32-20)30-21(35)16-11-19-29-15(13-5-7-14(24)8-6-13)10-18(23(25,26)27)34(19)31-16/h5-8,10-12H,3-4,9H2,1-2H3,(H,28,36)(H,30,35). The highest BCUT2D eigenvalue weighted by atomic mass is 35.5. The van der Waals surface area contributed by atoms with Crippen LogP contribution in [0.4, 0.5) is 18.9 Å². The summed E-state index contributed by atoms with van der Waals surface area (Å²) in [5, 5.41) is 13.6. The Morgan fingerprint density at radius 3 is 2.42 bits per heavy atom. The van der Waals surface area contributed by atoms with Crippen LogP contribution in [-0.4, -0.2) is 42.7 Å². The second-order valence-corrected chi connectivity index (χ2v) is 8.22. The molecule has 0 aliphatic carbocycles. The van der Waals surface area contributed by atoms with Gasteiger partial charge in [-0.25, -0.2) is 9.50 Å². The van der Waals surface area contributed by atoms with Crippen LogP contribution in [0, 0.1) is 0 Å². The van der Waals surface area contributed by atoms with Gasteiger partial charge < -0.3 is 10.6 Å². The number of aromatic nitrogens is 5. The van der Waals surface area contributed by atoms with E-state index >= 15 is 0 Å². The molecule has 0 aliphatic heterocycles. The Labute approximate surface area is 208 Å². The monoisotopic (exact) mass is 519 g/mol. The molecular formula is C23H21ClF3N7O2. The predicted molar refractivity (Wildman–Crippen MR) is 127 cm³/mol. The molecule has 2 N–H and O–H groups in total. The third-order valence-corrected chi connectivity index (χ3v) is 5.43. The summed E-state index contributed by atoms with van der Waals surface area (Å²) in [5.41, 5.74) is -1.04. The number of hydrogen-bond acceptors (Lipinski definition) is 5. The van der Waals surface area contributed by atoms with Crippen LogP contribution in [0.1, 0.15) is 46.9 Å². The minimum atomic E-state index is -4.77. The number of benzene rings is 1. The lowest BCUT2D eigenvalue weighted by atomic mass is 10.1. The van der Waals surface area contributed by atoms with E-state index in [-0.39, 0.29) is 28.4 Å². The molecule has 0 saturated carbocycles. The largest absolute Gasteiger partial charge is 0.433 e. The first-order valence-corrected chi connectivity index (χ1v) is 11.4. The molecule has 0 fully saturated rings. The summed E-state index contributed by atoms with van der Waals surface area (Å²) in [6.45, 7) is 4.54. The summed E-state index contributed by atoms with van der Waals surface area (Å²) in [4.78, 5) is 29.7. The van der Waals surface area contributed by atoms with E-state index in [2.05, 4.69) is 25.8 Å². The summed E-state index contributed by atoms with van der Waals surface area (Å²) in [7, 11) is 0. The van der Waals surface area contributed by atoms with Gasteiger partial charge in [-0.3, -0.25) is 14.3 Å². The lowest BCUT2D eigenvalue weighted by Gasteiger charge is -2.11. The van der Waals surface area contributed by atoms with Crippen molar-refractivity contribution in [3.05, 3.63) is 64.7 Å². The third kappa shape index (κ3) is 5.18. The summed E-state index contributed by atoms with van der Waals surface area (Å²) >= 11 is 5.88. The van der Waals surface area contributed by atoms with Crippen molar-refractivity contribution in [1.29, 1.82) is 0 Å². The Hall–Kier alpha value is -3.93. The zero-order chi connectivity index (χ0) is 26.0. The molecule has 4 rings (SSSR count). The van der Waals surface area contributed by atoms with Crippen LogP contribution < -0.4 is 10.6 Å². The lowest BCUT2D eigenvalue weighted by Crippen LogP contribution is -2.26. The number of hydrogen-bond donors (Lipinski definition) is 2. The SMILES string of the molecule is CCCNC(=O)c1nn(CC)cc1NC(=O)c1cc2nc(-c3ccc(Cl)cc3)cc(C(F)(F)F)n2n1. The second kappa shape index (κ2) is 9.97. The molecule has 0 aliphatic rings. The molecule has 0 unspecified atom stereocenters. The number of carbonyl (C=O) groups is 2. The molecule has 0 spiro atoms. The Kier molecular flexibility index (Phi) is 6.97. The molecule has 1 aromatic carbocycles. The first-order chi connectivity index (χ1) is 17.1. The van der Waals surface area contributed by atoms with Crippen LogP contribution in [0.2, 0.25) is 5.02 Å². The molecule has 4 aromatic rings. The lowest BCUT2D eigenvalue weighted by molar-refractivity contribution is -0.142. The minimum Gasteiger partial charge on any atom is -0.351 e. The van der Waals surface area contributed by atoms with E-state index in [0.29, 0.717) is 34.6 Å². The first-order valence-electron chi connectivity index (χ1n) is 11.0. The maximum absolute atomic E-state index is 13.9. The Morgan fingerprint density at radius 2 is 1.78 bits per heavy atom. The molecular weight excluding hydrogens is 499 g/mol. The van der Waals surface area contributed by atoms with E-state index in [1.807, 2.05) is 6.92 Å². The number of amides is 2. The fraction of sp³-hybridized carbons (Fsp3) is 0.261. The van der Waals surface area contributed by atoms with E-state index in [4.69, 9.17) is 11.6 Å². The van der Waals surface area contributed by atoms with Gasteiger partial charge >= 0.3 is 6.18 Å². The van der Waals surface area contributed by atoms with Crippen LogP contribution >= 0.6 is 11.6 Å². The number of nitrogens with zero attached hydrogens (tertiary/aromatic N) is 5. The molecule has 188 valence electrons. The number of aryl methyl sites for hydroxylation is 1. The number of nitrogens with one attached hydrogen (secondary N) is 2. The number of fused-ring (bicyclic) bond motifs is 1. The van der Waals surface area contributed by atoms with E-state index in [0.717, 1.165) is 12.1 Å². The normalized spacial score (nSPS) is 11.6. The van der Waals surface area contributed by atoms with Crippen molar-refractivity contribution in [2.24, 2.45) is 0 Å². The van der Waals surface area contributed by atoms with Crippen molar-refractivity contribution >= 4 is 34.7 Å². The quantitative estimate of drug-likeness (QED) is 0.369. The Balaban J connectivity index is 1.72. The van der Waals surface area contributed by atoms with Gasteiger partial charge in [-0.1, -0.05) is 30.7 Å². The molecule has 9 nitrogen and oxygen atoms in total. The zero-order valence-corrected chi connectivity index (χ0v) is 20.0. The highest BCUT2D eigenvalue weighted by Crippen LogP contribution is 2.32. The molecule has 0 atom stereocenters. The van der Waals surface area contributed by atoms with Gasteiger partial charge in [0.05, 0.1) is 11.4 Å². The summed E-state index contributed by atoms with van der Waals surface area (Å²) in [5.74, 6) is -1.30. The molecule has 0 radical (unpaired) electrons. The summed E-state index contributed by atoms with van der Waals surface area (Å²) in [6, 6.07) is 8.16. The average molecular weight is 520 g/mol. The van der Waals surface area contributed by atoms with Gasteiger partial charge in [-0.05, 0) is 31.5 Å². The van der Waals surface area contributed by atoms with Crippen molar-refractivity contribution in [1.82, 2.24) is 29.7 Å².